The number of carbonyl (C=O) groups is 2. The number of unbranched alkanes of at least 4 members (excludes halogenated alkanes) is 2. The van der Waals surface area contributed by atoms with E-state index >= 15 is 0 Å². The summed E-state index contributed by atoms with van der Waals surface area (Å²) in [6.45, 7) is 6.77. The lowest BCUT2D eigenvalue weighted by Gasteiger charge is -2.09. The number of carbonyl (C=O) groups excluding carboxylic acids is 2. The molecule has 1 aromatic rings. The van der Waals surface area contributed by atoms with Gasteiger partial charge in [0, 0.05) is 19.0 Å². The molecule has 0 aliphatic rings. The molecule has 138 valence electrons. The summed E-state index contributed by atoms with van der Waals surface area (Å²) in [6.07, 6.45) is 6.36. The van der Waals surface area contributed by atoms with Crippen LogP contribution in [0.15, 0.2) is 30.3 Å². The maximum Gasteiger partial charge on any atom is 0.305 e. The van der Waals surface area contributed by atoms with Gasteiger partial charge in [0.05, 0.1) is 12.7 Å². The van der Waals surface area contributed by atoms with E-state index in [0.29, 0.717) is 19.6 Å². The SMILES string of the molecule is CCOC(=O)CCCCCNC(=O)/C=C/c1cccc(OC(C)C)c1. The van der Waals surface area contributed by atoms with Crippen molar-refractivity contribution in [3.05, 3.63) is 35.9 Å². The third-order valence-electron chi connectivity index (χ3n) is 3.32. The lowest BCUT2D eigenvalue weighted by atomic mass is 10.2. The van der Waals surface area contributed by atoms with Crippen LogP contribution in [0.3, 0.4) is 0 Å². The molecule has 0 radical (unpaired) electrons. The Balaban J connectivity index is 2.23. The predicted molar refractivity (Wildman–Crippen MR) is 99.4 cm³/mol. The highest BCUT2D eigenvalue weighted by molar-refractivity contribution is 5.91. The number of nitrogens with one attached hydrogen (secondary N) is 1. The van der Waals surface area contributed by atoms with E-state index in [4.69, 9.17) is 9.47 Å². The Hall–Kier alpha value is -2.30. The highest BCUT2D eigenvalue weighted by Crippen LogP contribution is 2.15. The molecule has 0 saturated heterocycles. The molecular weight excluding hydrogens is 318 g/mol. The van der Waals surface area contributed by atoms with Crippen LogP contribution in [0.5, 0.6) is 5.75 Å². The Labute approximate surface area is 150 Å². The number of ether oxygens (including phenoxy) is 2. The van der Waals surface area contributed by atoms with Crippen LogP contribution >= 0.6 is 0 Å². The summed E-state index contributed by atoms with van der Waals surface area (Å²) >= 11 is 0. The van der Waals surface area contributed by atoms with Gasteiger partial charge in [-0.3, -0.25) is 9.59 Å². The predicted octanol–water partition coefficient (Wildman–Crippen LogP) is 3.73. The maximum absolute atomic E-state index is 11.8. The molecule has 0 fully saturated rings. The van der Waals surface area contributed by atoms with E-state index in [1.165, 1.54) is 6.08 Å². The van der Waals surface area contributed by atoms with Crippen LogP contribution in [0.2, 0.25) is 0 Å². The van der Waals surface area contributed by atoms with Crippen molar-refractivity contribution in [2.24, 2.45) is 0 Å². The van der Waals surface area contributed by atoms with Crippen LogP contribution in [-0.4, -0.2) is 31.1 Å². The van der Waals surface area contributed by atoms with Crippen molar-refractivity contribution in [2.75, 3.05) is 13.2 Å². The highest BCUT2D eigenvalue weighted by atomic mass is 16.5. The second-order valence-electron chi connectivity index (χ2n) is 5.98. The average Bonchev–Trinajstić information content (AvgIpc) is 2.56. The zero-order chi connectivity index (χ0) is 18.5. The van der Waals surface area contributed by atoms with Crippen LogP contribution < -0.4 is 10.1 Å². The Morgan fingerprint density at radius 3 is 2.72 bits per heavy atom. The number of hydrogen-bond donors (Lipinski definition) is 1. The summed E-state index contributed by atoms with van der Waals surface area (Å²) in [7, 11) is 0. The quantitative estimate of drug-likeness (QED) is 0.376. The first-order chi connectivity index (χ1) is 12.0. The van der Waals surface area contributed by atoms with Crippen molar-refractivity contribution in [1.29, 1.82) is 0 Å². The first-order valence-corrected chi connectivity index (χ1v) is 8.89. The molecule has 0 atom stereocenters. The van der Waals surface area contributed by atoms with Gasteiger partial charge in [-0.15, -0.1) is 0 Å². The number of hydrogen-bond acceptors (Lipinski definition) is 4. The van der Waals surface area contributed by atoms with Crippen molar-refractivity contribution < 1.29 is 19.1 Å². The van der Waals surface area contributed by atoms with Gasteiger partial charge in [-0.25, -0.2) is 0 Å². The van der Waals surface area contributed by atoms with Gasteiger partial charge in [0.15, 0.2) is 0 Å². The van der Waals surface area contributed by atoms with Crippen molar-refractivity contribution in [3.63, 3.8) is 0 Å². The maximum atomic E-state index is 11.8. The number of esters is 1. The van der Waals surface area contributed by atoms with E-state index in [9.17, 15) is 9.59 Å². The number of rotatable bonds is 11. The minimum absolute atomic E-state index is 0.117. The van der Waals surface area contributed by atoms with E-state index in [0.717, 1.165) is 30.6 Å². The third kappa shape index (κ3) is 10.2. The summed E-state index contributed by atoms with van der Waals surface area (Å²) in [4.78, 5) is 23.0. The summed E-state index contributed by atoms with van der Waals surface area (Å²) < 4.78 is 10.5. The van der Waals surface area contributed by atoms with Gasteiger partial charge >= 0.3 is 5.97 Å². The molecule has 1 amide bonds. The molecule has 0 aromatic heterocycles. The Morgan fingerprint density at radius 1 is 1.20 bits per heavy atom. The standard InChI is InChI=1S/C20H29NO4/c1-4-24-20(23)11-6-5-7-14-21-19(22)13-12-17-9-8-10-18(15-17)25-16(2)3/h8-10,12-13,15-16H,4-7,11,14H2,1-3H3,(H,21,22)/b13-12+. The molecule has 0 aliphatic carbocycles. The van der Waals surface area contributed by atoms with Crippen molar-refractivity contribution in [2.45, 2.75) is 52.6 Å². The summed E-state index contributed by atoms with van der Waals surface area (Å²) in [5.41, 5.74) is 0.919. The van der Waals surface area contributed by atoms with Crippen molar-refractivity contribution in [1.82, 2.24) is 5.32 Å². The highest BCUT2D eigenvalue weighted by Gasteiger charge is 2.01. The molecule has 0 spiro atoms. The van der Waals surface area contributed by atoms with E-state index in [2.05, 4.69) is 5.32 Å². The second-order valence-corrected chi connectivity index (χ2v) is 5.98. The van der Waals surface area contributed by atoms with Gasteiger partial charge < -0.3 is 14.8 Å². The van der Waals surface area contributed by atoms with E-state index in [-0.39, 0.29) is 18.0 Å². The fourth-order valence-electron chi connectivity index (χ4n) is 2.21. The van der Waals surface area contributed by atoms with Gasteiger partial charge in [-0.2, -0.15) is 0 Å². The fourth-order valence-corrected chi connectivity index (χ4v) is 2.21. The number of benzene rings is 1. The lowest BCUT2D eigenvalue weighted by Crippen LogP contribution is -2.22. The molecule has 1 aromatic carbocycles. The van der Waals surface area contributed by atoms with E-state index < -0.39 is 0 Å². The topological polar surface area (TPSA) is 64.6 Å². The molecule has 0 aliphatic heterocycles. The Kier molecular flexibility index (Phi) is 10.1. The average molecular weight is 347 g/mol. The first kappa shape index (κ1) is 20.7. The molecule has 1 rings (SSSR count). The molecule has 0 unspecified atom stereocenters. The summed E-state index contributed by atoms with van der Waals surface area (Å²) in [5.74, 6) is 0.512. The summed E-state index contributed by atoms with van der Waals surface area (Å²) in [6, 6.07) is 7.62. The van der Waals surface area contributed by atoms with Gasteiger partial charge in [0.1, 0.15) is 5.75 Å². The molecule has 0 heterocycles. The first-order valence-electron chi connectivity index (χ1n) is 8.89. The number of amides is 1. The summed E-state index contributed by atoms with van der Waals surface area (Å²) in [5, 5.41) is 2.84. The monoisotopic (exact) mass is 347 g/mol. The van der Waals surface area contributed by atoms with Gasteiger partial charge in [-0.1, -0.05) is 18.6 Å². The van der Waals surface area contributed by atoms with Crippen LogP contribution in [0.25, 0.3) is 6.08 Å². The van der Waals surface area contributed by atoms with Crippen LogP contribution in [0.4, 0.5) is 0 Å². The molecule has 1 N–H and O–H groups in total. The molecule has 5 nitrogen and oxygen atoms in total. The van der Waals surface area contributed by atoms with Gasteiger partial charge in [-0.05, 0) is 57.4 Å². The van der Waals surface area contributed by atoms with Crippen molar-refractivity contribution in [3.8, 4) is 5.75 Å². The minimum Gasteiger partial charge on any atom is -0.491 e. The Morgan fingerprint density at radius 2 is 2.00 bits per heavy atom. The lowest BCUT2D eigenvalue weighted by molar-refractivity contribution is -0.143. The third-order valence-corrected chi connectivity index (χ3v) is 3.32. The normalized spacial score (nSPS) is 10.9. The second kappa shape index (κ2) is 12.1. The zero-order valence-electron chi connectivity index (χ0n) is 15.4. The zero-order valence-corrected chi connectivity index (χ0v) is 15.4. The van der Waals surface area contributed by atoms with Crippen LogP contribution in [0.1, 0.15) is 52.0 Å². The smallest absolute Gasteiger partial charge is 0.305 e. The molecule has 5 heteroatoms. The van der Waals surface area contributed by atoms with Crippen molar-refractivity contribution >= 4 is 18.0 Å². The van der Waals surface area contributed by atoms with Crippen LogP contribution in [-0.2, 0) is 14.3 Å². The molecule has 25 heavy (non-hydrogen) atoms. The van der Waals surface area contributed by atoms with E-state index in [1.807, 2.05) is 38.1 Å². The van der Waals surface area contributed by atoms with Gasteiger partial charge in [0.25, 0.3) is 0 Å². The minimum atomic E-state index is -0.154. The largest absolute Gasteiger partial charge is 0.491 e. The van der Waals surface area contributed by atoms with E-state index in [1.54, 1.807) is 13.0 Å². The fraction of sp³-hybridized carbons (Fsp3) is 0.500. The van der Waals surface area contributed by atoms with Gasteiger partial charge in [0.2, 0.25) is 5.91 Å². The molecule has 0 bridgehead atoms. The molecule has 0 saturated carbocycles. The molecular formula is C20H29NO4. The van der Waals surface area contributed by atoms with Crippen LogP contribution in [0, 0.1) is 0 Å². The Bertz CT molecular complexity index is 567.